The van der Waals surface area contributed by atoms with Gasteiger partial charge in [-0.2, -0.15) is 9.66 Å². The first-order valence-corrected chi connectivity index (χ1v) is 4.64. The fourth-order valence-electron chi connectivity index (χ4n) is 0.767. The van der Waals surface area contributed by atoms with Crippen molar-refractivity contribution in [3.63, 3.8) is 0 Å². The Bertz CT molecular complexity index is 422. The molecule has 0 bridgehead atoms. The highest BCUT2D eigenvalue weighted by Crippen LogP contribution is 2.08. The Kier molecular flexibility index (Phi) is 2.76. The number of rotatable bonds is 2. The monoisotopic (exact) mass is 202 g/mol. The normalized spacial score (nSPS) is 10.3. The highest BCUT2D eigenvalue weighted by molar-refractivity contribution is 7.99. The van der Waals surface area contributed by atoms with Crippen LogP contribution in [0.4, 0.5) is 0 Å². The minimum absolute atomic E-state index is 0.246. The zero-order valence-electron chi connectivity index (χ0n) is 7.35. The van der Waals surface area contributed by atoms with E-state index in [0.29, 0.717) is 5.75 Å². The zero-order valence-corrected chi connectivity index (χ0v) is 8.17. The maximum atomic E-state index is 11.2. The SMILES string of the molecule is CCSc1nc(=O)n(C)c(=O)n1N. The lowest BCUT2D eigenvalue weighted by molar-refractivity contribution is 0.605. The predicted molar refractivity (Wildman–Crippen MR) is 50.3 cm³/mol. The summed E-state index contributed by atoms with van der Waals surface area (Å²) in [5.41, 5.74) is -1.14. The maximum absolute atomic E-state index is 11.2. The van der Waals surface area contributed by atoms with Crippen molar-refractivity contribution in [3.05, 3.63) is 21.0 Å². The fourth-order valence-corrected chi connectivity index (χ4v) is 1.38. The van der Waals surface area contributed by atoms with Crippen molar-refractivity contribution in [2.75, 3.05) is 11.6 Å². The molecule has 0 saturated heterocycles. The third-order valence-corrected chi connectivity index (χ3v) is 2.29. The van der Waals surface area contributed by atoms with Gasteiger partial charge in [0, 0.05) is 7.05 Å². The first-order chi connectivity index (χ1) is 6.07. The van der Waals surface area contributed by atoms with Crippen LogP contribution < -0.4 is 17.2 Å². The lowest BCUT2D eigenvalue weighted by atomic mass is 10.9. The fraction of sp³-hybridized carbons (Fsp3) is 0.500. The minimum atomic E-state index is -0.581. The lowest BCUT2D eigenvalue weighted by Gasteiger charge is -2.04. The van der Waals surface area contributed by atoms with Crippen LogP contribution in [0.15, 0.2) is 14.7 Å². The smallest absolute Gasteiger partial charge is 0.333 e. The molecule has 0 aliphatic heterocycles. The van der Waals surface area contributed by atoms with Crippen molar-refractivity contribution in [1.82, 2.24) is 14.2 Å². The van der Waals surface area contributed by atoms with Gasteiger partial charge in [0.15, 0.2) is 5.16 Å². The summed E-state index contributed by atoms with van der Waals surface area (Å²) in [5, 5.41) is 0.246. The maximum Gasteiger partial charge on any atom is 0.353 e. The first-order valence-electron chi connectivity index (χ1n) is 3.66. The van der Waals surface area contributed by atoms with Crippen LogP contribution >= 0.6 is 11.8 Å². The Balaban J connectivity index is 3.41. The van der Waals surface area contributed by atoms with Gasteiger partial charge in [0.25, 0.3) is 0 Å². The Labute approximate surface area is 78.4 Å². The third-order valence-electron chi connectivity index (χ3n) is 1.45. The van der Waals surface area contributed by atoms with Crippen molar-refractivity contribution in [2.45, 2.75) is 12.1 Å². The van der Waals surface area contributed by atoms with Crippen molar-refractivity contribution in [1.29, 1.82) is 0 Å². The van der Waals surface area contributed by atoms with Gasteiger partial charge in [-0.15, -0.1) is 0 Å². The van der Waals surface area contributed by atoms with E-state index < -0.39 is 11.4 Å². The topological polar surface area (TPSA) is 82.9 Å². The summed E-state index contributed by atoms with van der Waals surface area (Å²) in [6.45, 7) is 1.88. The Morgan fingerprint density at radius 1 is 1.54 bits per heavy atom. The van der Waals surface area contributed by atoms with Gasteiger partial charge in [0.05, 0.1) is 0 Å². The van der Waals surface area contributed by atoms with Crippen LogP contribution in [-0.2, 0) is 7.05 Å². The summed E-state index contributed by atoms with van der Waals surface area (Å²) in [5.74, 6) is 6.10. The molecule has 13 heavy (non-hydrogen) atoms. The third kappa shape index (κ3) is 1.74. The molecule has 0 unspecified atom stereocenters. The molecule has 0 amide bonds. The molecule has 72 valence electrons. The van der Waals surface area contributed by atoms with Crippen LogP contribution in [0.2, 0.25) is 0 Å². The number of hydrogen-bond donors (Lipinski definition) is 1. The highest BCUT2D eigenvalue weighted by Gasteiger charge is 2.06. The van der Waals surface area contributed by atoms with E-state index in [0.717, 1.165) is 9.24 Å². The summed E-state index contributed by atoms with van der Waals surface area (Å²) in [4.78, 5) is 25.9. The highest BCUT2D eigenvalue weighted by atomic mass is 32.2. The second-order valence-corrected chi connectivity index (χ2v) is 3.55. The van der Waals surface area contributed by atoms with Crippen LogP contribution in [0.25, 0.3) is 0 Å². The molecule has 0 aliphatic rings. The summed E-state index contributed by atoms with van der Waals surface area (Å²) < 4.78 is 1.73. The summed E-state index contributed by atoms with van der Waals surface area (Å²) >= 11 is 1.25. The summed E-state index contributed by atoms with van der Waals surface area (Å²) in [6, 6.07) is 0. The summed E-state index contributed by atoms with van der Waals surface area (Å²) in [6.07, 6.45) is 0. The van der Waals surface area contributed by atoms with Crippen LogP contribution in [-0.4, -0.2) is 20.0 Å². The second-order valence-electron chi connectivity index (χ2n) is 2.32. The average molecular weight is 202 g/mol. The molecule has 1 heterocycles. The van der Waals surface area contributed by atoms with E-state index in [1.165, 1.54) is 18.8 Å². The van der Waals surface area contributed by atoms with Gasteiger partial charge >= 0.3 is 11.4 Å². The second kappa shape index (κ2) is 3.65. The molecular formula is C6H10N4O2S. The standard InChI is InChI=1S/C6H10N4O2S/c1-3-13-5-8-4(11)9(2)6(12)10(5)7/h3,7H2,1-2H3. The Morgan fingerprint density at radius 2 is 2.15 bits per heavy atom. The van der Waals surface area contributed by atoms with Crippen molar-refractivity contribution >= 4 is 11.8 Å². The number of nitrogens with two attached hydrogens (primary N) is 1. The van der Waals surface area contributed by atoms with Crippen molar-refractivity contribution in [3.8, 4) is 0 Å². The molecule has 7 heteroatoms. The van der Waals surface area contributed by atoms with Crippen LogP contribution in [0.1, 0.15) is 6.92 Å². The molecule has 0 aliphatic carbocycles. The molecule has 0 radical (unpaired) electrons. The molecule has 0 spiro atoms. The van der Waals surface area contributed by atoms with E-state index in [2.05, 4.69) is 4.98 Å². The van der Waals surface area contributed by atoms with Gasteiger partial charge in [0.2, 0.25) is 0 Å². The van der Waals surface area contributed by atoms with Gasteiger partial charge in [-0.25, -0.2) is 14.2 Å². The van der Waals surface area contributed by atoms with Gasteiger partial charge in [0.1, 0.15) is 0 Å². The molecule has 1 rings (SSSR count). The zero-order chi connectivity index (χ0) is 10.0. The number of thioether (sulfide) groups is 1. The Hall–Kier alpha value is -1.24. The molecule has 0 fully saturated rings. The number of nitrogens with zero attached hydrogens (tertiary/aromatic N) is 3. The van der Waals surface area contributed by atoms with Crippen molar-refractivity contribution < 1.29 is 0 Å². The number of nitrogen functional groups attached to an aromatic ring is 1. The Morgan fingerprint density at radius 3 is 2.69 bits per heavy atom. The number of hydrogen-bond acceptors (Lipinski definition) is 5. The molecule has 2 N–H and O–H groups in total. The van der Waals surface area contributed by atoms with E-state index in [1.54, 1.807) is 0 Å². The number of aromatic nitrogens is 3. The first kappa shape index (κ1) is 9.85. The van der Waals surface area contributed by atoms with E-state index in [-0.39, 0.29) is 5.16 Å². The average Bonchev–Trinajstić information content (AvgIpc) is 2.11. The predicted octanol–water partition coefficient (Wildman–Crippen LogP) is -1.23. The molecular weight excluding hydrogens is 192 g/mol. The molecule has 1 aromatic heterocycles. The minimum Gasteiger partial charge on any atom is -0.333 e. The van der Waals surface area contributed by atoms with Gasteiger partial charge < -0.3 is 5.84 Å². The quantitative estimate of drug-likeness (QED) is 0.479. The summed E-state index contributed by atoms with van der Waals surface area (Å²) in [7, 11) is 1.33. The molecule has 0 atom stereocenters. The lowest BCUT2D eigenvalue weighted by Crippen LogP contribution is -2.43. The molecule has 6 nitrogen and oxygen atoms in total. The molecule has 0 aromatic carbocycles. The van der Waals surface area contributed by atoms with Crippen LogP contribution in [0.5, 0.6) is 0 Å². The molecule has 1 aromatic rings. The van der Waals surface area contributed by atoms with E-state index in [4.69, 9.17) is 5.84 Å². The van der Waals surface area contributed by atoms with Crippen LogP contribution in [0.3, 0.4) is 0 Å². The molecule has 0 saturated carbocycles. The van der Waals surface area contributed by atoms with E-state index >= 15 is 0 Å². The van der Waals surface area contributed by atoms with Gasteiger partial charge in [-0.1, -0.05) is 18.7 Å². The van der Waals surface area contributed by atoms with Gasteiger partial charge in [-0.05, 0) is 5.75 Å². The van der Waals surface area contributed by atoms with Crippen molar-refractivity contribution in [2.24, 2.45) is 7.05 Å². The largest absolute Gasteiger partial charge is 0.353 e. The van der Waals surface area contributed by atoms with E-state index in [9.17, 15) is 9.59 Å². The van der Waals surface area contributed by atoms with Gasteiger partial charge in [-0.3, -0.25) is 0 Å². The van der Waals surface area contributed by atoms with E-state index in [1.807, 2.05) is 6.92 Å². The van der Waals surface area contributed by atoms with Crippen LogP contribution in [0, 0.1) is 0 Å².